The Hall–Kier alpha value is -5.88. The average molecular weight is 539 g/mol. The number of benzene rings is 5. The van der Waals surface area contributed by atoms with Gasteiger partial charge in [0, 0.05) is 27.3 Å². The van der Waals surface area contributed by atoms with Gasteiger partial charge < -0.3 is 0 Å². The van der Waals surface area contributed by atoms with Crippen molar-refractivity contribution in [1.29, 1.82) is 0 Å². The molecule has 0 spiro atoms. The quantitative estimate of drug-likeness (QED) is 0.227. The second kappa shape index (κ2) is 8.81. The summed E-state index contributed by atoms with van der Waals surface area (Å²) < 4.78 is 4.49. The molecule has 196 valence electrons. The third-order valence-electron chi connectivity index (χ3n) is 7.94. The van der Waals surface area contributed by atoms with Crippen LogP contribution in [0.1, 0.15) is 0 Å². The highest BCUT2D eigenvalue weighted by molar-refractivity contribution is 6.21. The lowest BCUT2D eigenvalue weighted by atomic mass is 10.1. The van der Waals surface area contributed by atoms with Gasteiger partial charge in [-0.25, -0.2) is 9.97 Å². The Balaban J connectivity index is 1.50. The van der Waals surface area contributed by atoms with Crippen LogP contribution in [0.4, 0.5) is 0 Å². The largest absolute Gasteiger partial charge is 0.289 e. The van der Waals surface area contributed by atoms with Gasteiger partial charge in [0.05, 0.1) is 27.6 Å². The van der Waals surface area contributed by atoms with Crippen molar-refractivity contribution in [2.45, 2.75) is 0 Å². The molecule has 0 N–H and O–H groups in total. The molecule has 5 aromatic carbocycles. The van der Waals surface area contributed by atoms with Gasteiger partial charge in [0.25, 0.3) is 0 Å². The van der Waals surface area contributed by atoms with Crippen molar-refractivity contribution in [1.82, 2.24) is 28.9 Å². The molecule has 0 unspecified atom stereocenters. The Labute approximate surface area is 240 Å². The SMILES string of the molecule is c1ccc(-c2nc(-c3ccccc3)nc(-n3c4ccccc4c4c3c3ccccc3c3nc5ccccc5n34)n2)cc1. The Kier molecular flexibility index (Phi) is 4.80. The molecule has 6 heteroatoms. The van der Waals surface area contributed by atoms with E-state index in [9.17, 15) is 0 Å². The first-order chi connectivity index (χ1) is 20.8. The number of para-hydroxylation sites is 3. The maximum Gasteiger partial charge on any atom is 0.238 e. The summed E-state index contributed by atoms with van der Waals surface area (Å²) >= 11 is 0. The Morgan fingerprint density at radius 3 is 1.64 bits per heavy atom. The zero-order valence-electron chi connectivity index (χ0n) is 22.4. The monoisotopic (exact) mass is 538 g/mol. The van der Waals surface area contributed by atoms with E-state index in [0.717, 1.165) is 60.5 Å². The van der Waals surface area contributed by atoms with Gasteiger partial charge in [0.15, 0.2) is 11.6 Å². The zero-order valence-corrected chi connectivity index (χ0v) is 22.4. The molecule has 0 atom stereocenters. The summed E-state index contributed by atoms with van der Waals surface area (Å²) in [4.78, 5) is 20.3. The van der Waals surface area contributed by atoms with Crippen molar-refractivity contribution >= 4 is 49.4 Å². The summed E-state index contributed by atoms with van der Waals surface area (Å²) in [5.41, 5.74) is 7.98. The molecule has 4 heterocycles. The molecule has 0 aliphatic rings. The van der Waals surface area contributed by atoms with E-state index < -0.39 is 0 Å². The van der Waals surface area contributed by atoms with Crippen LogP contribution in [-0.2, 0) is 0 Å². The number of hydrogen-bond donors (Lipinski definition) is 0. The molecule has 9 rings (SSSR count). The van der Waals surface area contributed by atoms with Crippen LogP contribution in [0.5, 0.6) is 0 Å². The van der Waals surface area contributed by atoms with E-state index in [1.165, 1.54) is 0 Å². The smallest absolute Gasteiger partial charge is 0.238 e. The molecule has 0 aliphatic heterocycles. The minimum atomic E-state index is 0.572. The van der Waals surface area contributed by atoms with Crippen LogP contribution in [0.2, 0.25) is 0 Å². The number of pyridine rings is 1. The van der Waals surface area contributed by atoms with Gasteiger partial charge in [0.1, 0.15) is 5.65 Å². The lowest BCUT2D eigenvalue weighted by molar-refractivity contribution is 0.954. The fraction of sp³-hybridized carbons (Fsp3) is 0. The first kappa shape index (κ1) is 22.9. The molecule has 42 heavy (non-hydrogen) atoms. The predicted octanol–water partition coefficient (Wildman–Crippen LogP) is 8.26. The van der Waals surface area contributed by atoms with Crippen LogP contribution >= 0.6 is 0 Å². The van der Waals surface area contributed by atoms with Crippen molar-refractivity contribution in [2.24, 2.45) is 0 Å². The molecule has 9 aromatic rings. The number of aromatic nitrogens is 6. The molecular weight excluding hydrogens is 516 g/mol. The highest BCUT2D eigenvalue weighted by atomic mass is 15.2. The maximum atomic E-state index is 5.12. The molecule has 6 nitrogen and oxygen atoms in total. The van der Waals surface area contributed by atoms with E-state index in [-0.39, 0.29) is 0 Å². The summed E-state index contributed by atoms with van der Waals surface area (Å²) in [6.45, 7) is 0. The molecule has 0 fully saturated rings. The fourth-order valence-electron chi connectivity index (χ4n) is 6.12. The van der Waals surface area contributed by atoms with E-state index in [0.29, 0.717) is 17.6 Å². The first-order valence-electron chi connectivity index (χ1n) is 13.9. The van der Waals surface area contributed by atoms with Crippen LogP contribution in [0.3, 0.4) is 0 Å². The molecule has 0 amide bonds. The summed E-state index contributed by atoms with van der Waals surface area (Å²) in [7, 11) is 0. The van der Waals surface area contributed by atoms with Gasteiger partial charge >= 0.3 is 0 Å². The number of fused-ring (bicyclic) bond motifs is 10. The molecule has 0 saturated carbocycles. The number of nitrogens with zero attached hydrogens (tertiary/aromatic N) is 6. The van der Waals surface area contributed by atoms with Gasteiger partial charge in [-0.3, -0.25) is 8.97 Å². The molecule has 0 radical (unpaired) electrons. The highest BCUT2D eigenvalue weighted by Gasteiger charge is 2.23. The van der Waals surface area contributed by atoms with Crippen molar-refractivity contribution in [3.8, 4) is 28.7 Å². The minimum absolute atomic E-state index is 0.572. The van der Waals surface area contributed by atoms with Gasteiger partial charge in [-0.1, -0.05) is 115 Å². The minimum Gasteiger partial charge on any atom is -0.289 e. The molecule has 4 aromatic heterocycles. The van der Waals surface area contributed by atoms with Crippen molar-refractivity contribution in [3.63, 3.8) is 0 Å². The molecule has 0 aliphatic carbocycles. The predicted molar refractivity (Wildman–Crippen MR) is 169 cm³/mol. The van der Waals surface area contributed by atoms with Crippen LogP contribution in [-0.4, -0.2) is 28.9 Å². The van der Waals surface area contributed by atoms with E-state index in [1.54, 1.807) is 0 Å². The Bertz CT molecular complexity index is 2400. The van der Waals surface area contributed by atoms with Crippen molar-refractivity contribution in [3.05, 3.63) is 133 Å². The van der Waals surface area contributed by atoms with Gasteiger partial charge in [-0.05, 0) is 18.2 Å². The molecule has 0 bridgehead atoms. The van der Waals surface area contributed by atoms with E-state index >= 15 is 0 Å². The van der Waals surface area contributed by atoms with E-state index in [2.05, 4.69) is 75.7 Å². The molecular formula is C36H22N6. The van der Waals surface area contributed by atoms with E-state index in [1.807, 2.05) is 66.7 Å². The van der Waals surface area contributed by atoms with E-state index in [4.69, 9.17) is 19.9 Å². The van der Waals surface area contributed by atoms with Crippen LogP contribution in [0.25, 0.3) is 78.1 Å². The maximum absolute atomic E-state index is 5.12. The van der Waals surface area contributed by atoms with Crippen LogP contribution in [0, 0.1) is 0 Å². The standard InChI is InChI=1S/C36H22N6/c1-3-13-23(14-4-1)33-38-34(24-15-5-2-6-16-24)40-36(39-33)42-29-21-11-9-19-27(29)32-31(42)25-17-7-8-18-26(25)35-37-28-20-10-12-22-30(28)41(32)35/h1-22H. The van der Waals surface area contributed by atoms with Crippen molar-refractivity contribution in [2.75, 3.05) is 0 Å². The first-order valence-corrected chi connectivity index (χ1v) is 13.9. The topological polar surface area (TPSA) is 60.9 Å². The van der Waals surface area contributed by atoms with Gasteiger partial charge in [-0.2, -0.15) is 9.97 Å². The van der Waals surface area contributed by atoms with Gasteiger partial charge in [-0.15, -0.1) is 0 Å². The molecule has 0 saturated heterocycles. The lowest BCUT2D eigenvalue weighted by Gasteiger charge is -2.12. The summed E-state index contributed by atoms with van der Waals surface area (Å²) in [5.74, 6) is 1.83. The summed E-state index contributed by atoms with van der Waals surface area (Å²) in [6, 6.07) is 45.5. The second-order valence-electron chi connectivity index (χ2n) is 10.4. The highest BCUT2D eigenvalue weighted by Crippen LogP contribution is 2.39. The zero-order chi connectivity index (χ0) is 27.6. The van der Waals surface area contributed by atoms with Gasteiger partial charge in [0.2, 0.25) is 5.95 Å². The Morgan fingerprint density at radius 2 is 0.952 bits per heavy atom. The lowest BCUT2D eigenvalue weighted by Crippen LogP contribution is -2.07. The van der Waals surface area contributed by atoms with Crippen LogP contribution in [0.15, 0.2) is 133 Å². The average Bonchev–Trinajstić information content (AvgIpc) is 3.62. The summed E-state index contributed by atoms with van der Waals surface area (Å²) in [5, 5.41) is 3.27. The second-order valence-corrected chi connectivity index (χ2v) is 10.4. The summed E-state index contributed by atoms with van der Waals surface area (Å²) in [6.07, 6.45) is 0. The third kappa shape index (κ3) is 3.26. The number of hydrogen-bond acceptors (Lipinski definition) is 4. The fourth-order valence-corrected chi connectivity index (χ4v) is 6.12. The number of imidazole rings is 1. The number of rotatable bonds is 3. The van der Waals surface area contributed by atoms with Crippen LogP contribution < -0.4 is 0 Å². The van der Waals surface area contributed by atoms with Crippen molar-refractivity contribution < 1.29 is 0 Å². The Morgan fingerprint density at radius 1 is 0.405 bits per heavy atom. The normalized spacial score (nSPS) is 11.8. The third-order valence-corrected chi connectivity index (χ3v) is 7.94.